The maximum atomic E-state index is 5.13. The maximum Gasteiger partial charge on any atom is 0.127 e. The Morgan fingerprint density at radius 2 is 1.94 bits per heavy atom. The Hall–Kier alpha value is -1.55. The zero-order valence-corrected chi connectivity index (χ0v) is 11.8. The van der Waals surface area contributed by atoms with Crippen LogP contribution in [0.4, 0.5) is 5.82 Å². The van der Waals surface area contributed by atoms with Gasteiger partial charge in [-0.1, -0.05) is 18.2 Å². The predicted molar refractivity (Wildman–Crippen MR) is 77.1 cm³/mol. The molecule has 2 aromatic rings. The molecule has 4 heteroatoms. The molecule has 1 aromatic carbocycles. The van der Waals surface area contributed by atoms with E-state index < -0.39 is 0 Å². The quantitative estimate of drug-likeness (QED) is 0.858. The number of halogens is 1. The summed E-state index contributed by atoms with van der Waals surface area (Å²) in [5.41, 5.74) is 1.28. The lowest BCUT2D eigenvalue weighted by atomic mass is 10.1. The van der Waals surface area contributed by atoms with Crippen LogP contribution in [0.5, 0.6) is 5.75 Å². The van der Waals surface area contributed by atoms with Gasteiger partial charge < -0.3 is 10.1 Å². The number of hydrogen-bond acceptors (Lipinski definition) is 3. The SMILES string of the molecule is COc1ccc(CCNc2cccc(Br)n2)cc1. The normalized spacial score (nSPS) is 10.1. The zero-order chi connectivity index (χ0) is 12.8. The zero-order valence-electron chi connectivity index (χ0n) is 10.2. The van der Waals surface area contributed by atoms with Crippen molar-refractivity contribution in [2.24, 2.45) is 0 Å². The van der Waals surface area contributed by atoms with Gasteiger partial charge >= 0.3 is 0 Å². The number of ether oxygens (including phenoxy) is 1. The minimum Gasteiger partial charge on any atom is -0.497 e. The molecule has 0 saturated carbocycles. The Morgan fingerprint density at radius 1 is 1.17 bits per heavy atom. The molecule has 1 heterocycles. The first kappa shape index (κ1) is 12.9. The fraction of sp³-hybridized carbons (Fsp3) is 0.214. The van der Waals surface area contributed by atoms with Gasteiger partial charge in [0.1, 0.15) is 16.2 Å². The van der Waals surface area contributed by atoms with Gasteiger partial charge in [0.15, 0.2) is 0 Å². The summed E-state index contributed by atoms with van der Waals surface area (Å²) < 4.78 is 5.97. The van der Waals surface area contributed by atoms with Crippen molar-refractivity contribution in [1.29, 1.82) is 0 Å². The maximum absolute atomic E-state index is 5.13. The second kappa shape index (κ2) is 6.40. The van der Waals surface area contributed by atoms with E-state index in [4.69, 9.17) is 4.74 Å². The third-order valence-corrected chi connectivity index (χ3v) is 3.04. The van der Waals surface area contributed by atoms with Gasteiger partial charge in [0.25, 0.3) is 0 Å². The van der Waals surface area contributed by atoms with E-state index in [0.717, 1.165) is 29.1 Å². The summed E-state index contributed by atoms with van der Waals surface area (Å²) in [4.78, 5) is 4.32. The Bertz CT molecular complexity index is 499. The van der Waals surface area contributed by atoms with Gasteiger partial charge in [-0.05, 0) is 52.2 Å². The van der Waals surface area contributed by atoms with E-state index in [1.54, 1.807) is 7.11 Å². The number of hydrogen-bond donors (Lipinski definition) is 1. The van der Waals surface area contributed by atoms with Crippen LogP contribution in [0.2, 0.25) is 0 Å². The summed E-state index contributed by atoms with van der Waals surface area (Å²) in [7, 11) is 1.68. The van der Waals surface area contributed by atoms with E-state index in [0.29, 0.717) is 0 Å². The van der Waals surface area contributed by atoms with Gasteiger partial charge in [0.2, 0.25) is 0 Å². The summed E-state index contributed by atoms with van der Waals surface area (Å²) in [5.74, 6) is 1.78. The molecule has 0 bridgehead atoms. The number of pyridine rings is 1. The lowest BCUT2D eigenvalue weighted by molar-refractivity contribution is 0.414. The summed E-state index contributed by atoms with van der Waals surface area (Å²) in [6, 6.07) is 13.9. The van der Waals surface area contributed by atoms with Gasteiger partial charge in [-0.2, -0.15) is 0 Å². The average Bonchev–Trinajstić information content (AvgIpc) is 2.40. The van der Waals surface area contributed by atoms with Crippen LogP contribution in [-0.2, 0) is 6.42 Å². The molecule has 18 heavy (non-hydrogen) atoms. The molecule has 0 aliphatic rings. The molecule has 0 spiro atoms. The summed E-state index contributed by atoms with van der Waals surface area (Å²) in [6.07, 6.45) is 0.957. The number of rotatable bonds is 5. The summed E-state index contributed by atoms with van der Waals surface area (Å²) in [5, 5.41) is 3.29. The Morgan fingerprint density at radius 3 is 2.61 bits per heavy atom. The molecule has 0 radical (unpaired) electrons. The van der Waals surface area contributed by atoms with Gasteiger partial charge in [0.05, 0.1) is 7.11 Å². The van der Waals surface area contributed by atoms with E-state index in [-0.39, 0.29) is 0 Å². The van der Waals surface area contributed by atoms with Crippen LogP contribution in [-0.4, -0.2) is 18.6 Å². The molecule has 94 valence electrons. The predicted octanol–water partition coefficient (Wildman–Crippen LogP) is 3.51. The highest BCUT2D eigenvalue weighted by molar-refractivity contribution is 9.10. The number of aromatic nitrogens is 1. The molecule has 0 aliphatic heterocycles. The van der Waals surface area contributed by atoms with Crippen molar-refractivity contribution in [2.75, 3.05) is 19.0 Å². The van der Waals surface area contributed by atoms with Gasteiger partial charge in [-0.3, -0.25) is 0 Å². The molecule has 3 nitrogen and oxygen atoms in total. The van der Waals surface area contributed by atoms with Crippen molar-refractivity contribution in [3.05, 3.63) is 52.6 Å². The van der Waals surface area contributed by atoms with Crippen LogP contribution >= 0.6 is 15.9 Å². The van der Waals surface area contributed by atoms with Gasteiger partial charge in [0, 0.05) is 6.54 Å². The van der Waals surface area contributed by atoms with Crippen molar-refractivity contribution in [3.63, 3.8) is 0 Å². The number of anilines is 1. The first-order valence-corrected chi connectivity index (χ1v) is 6.56. The smallest absolute Gasteiger partial charge is 0.127 e. The monoisotopic (exact) mass is 306 g/mol. The van der Waals surface area contributed by atoms with Crippen molar-refractivity contribution in [2.45, 2.75) is 6.42 Å². The second-order valence-electron chi connectivity index (χ2n) is 3.87. The van der Waals surface area contributed by atoms with E-state index >= 15 is 0 Å². The number of nitrogens with one attached hydrogen (secondary N) is 1. The molecule has 1 aromatic heterocycles. The highest BCUT2D eigenvalue weighted by Gasteiger charge is 1.97. The van der Waals surface area contributed by atoms with Crippen molar-refractivity contribution in [3.8, 4) is 5.75 Å². The first-order valence-electron chi connectivity index (χ1n) is 5.77. The molecule has 0 unspecified atom stereocenters. The number of benzene rings is 1. The van der Waals surface area contributed by atoms with Crippen molar-refractivity contribution in [1.82, 2.24) is 4.98 Å². The van der Waals surface area contributed by atoms with E-state index in [9.17, 15) is 0 Å². The Labute approximate surface area is 115 Å². The molecular weight excluding hydrogens is 292 g/mol. The van der Waals surface area contributed by atoms with Crippen LogP contribution in [0.3, 0.4) is 0 Å². The Balaban J connectivity index is 1.84. The number of nitrogens with zero attached hydrogens (tertiary/aromatic N) is 1. The van der Waals surface area contributed by atoms with Crippen LogP contribution in [0, 0.1) is 0 Å². The van der Waals surface area contributed by atoms with E-state index in [1.165, 1.54) is 5.56 Å². The molecule has 0 atom stereocenters. The van der Waals surface area contributed by atoms with E-state index in [1.807, 2.05) is 30.3 Å². The third-order valence-electron chi connectivity index (χ3n) is 2.59. The molecule has 0 amide bonds. The molecule has 0 fully saturated rings. The largest absolute Gasteiger partial charge is 0.497 e. The number of methoxy groups -OCH3 is 1. The highest BCUT2D eigenvalue weighted by Crippen LogP contribution is 2.13. The lowest BCUT2D eigenvalue weighted by Crippen LogP contribution is -2.06. The highest BCUT2D eigenvalue weighted by atomic mass is 79.9. The van der Waals surface area contributed by atoms with Gasteiger partial charge in [-0.25, -0.2) is 4.98 Å². The standard InChI is InChI=1S/C14H15BrN2O/c1-18-12-7-5-11(6-8-12)9-10-16-14-4-2-3-13(15)17-14/h2-8H,9-10H2,1H3,(H,16,17). The van der Waals surface area contributed by atoms with Crippen LogP contribution < -0.4 is 10.1 Å². The van der Waals surface area contributed by atoms with Crippen LogP contribution in [0.25, 0.3) is 0 Å². The van der Waals surface area contributed by atoms with Crippen LogP contribution in [0.15, 0.2) is 47.1 Å². The summed E-state index contributed by atoms with van der Waals surface area (Å²) in [6.45, 7) is 0.857. The fourth-order valence-corrected chi connectivity index (χ4v) is 1.98. The Kier molecular flexibility index (Phi) is 4.59. The van der Waals surface area contributed by atoms with Gasteiger partial charge in [-0.15, -0.1) is 0 Å². The fourth-order valence-electron chi connectivity index (χ4n) is 1.63. The molecule has 2 rings (SSSR count). The lowest BCUT2D eigenvalue weighted by Gasteiger charge is -2.06. The third kappa shape index (κ3) is 3.74. The molecule has 0 aliphatic carbocycles. The topological polar surface area (TPSA) is 34.1 Å². The molecule has 0 saturated heterocycles. The second-order valence-corrected chi connectivity index (χ2v) is 4.68. The van der Waals surface area contributed by atoms with Crippen molar-refractivity contribution >= 4 is 21.7 Å². The molecular formula is C14H15BrN2O. The van der Waals surface area contributed by atoms with Crippen molar-refractivity contribution < 1.29 is 4.74 Å². The van der Waals surface area contributed by atoms with E-state index in [2.05, 4.69) is 38.4 Å². The molecule has 1 N–H and O–H groups in total. The first-order chi connectivity index (χ1) is 8.78. The minimum atomic E-state index is 0.844. The minimum absolute atomic E-state index is 0.844. The van der Waals surface area contributed by atoms with Crippen LogP contribution in [0.1, 0.15) is 5.56 Å². The summed E-state index contributed by atoms with van der Waals surface area (Å²) >= 11 is 3.35. The average molecular weight is 307 g/mol.